The maximum absolute atomic E-state index is 12.7. The van der Waals surface area contributed by atoms with Gasteiger partial charge < -0.3 is 29.7 Å². The largest absolute Gasteiger partial charge is 0.494 e. The minimum atomic E-state index is -2.60. The summed E-state index contributed by atoms with van der Waals surface area (Å²) in [6.07, 6.45) is 1.39. The normalized spacial score (nSPS) is 11.4. The van der Waals surface area contributed by atoms with Gasteiger partial charge in [-0.3, -0.25) is 10.1 Å². The fraction of sp³-hybridized carbons (Fsp3) is 0.360. The minimum Gasteiger partial charge on any atom is -0.494 e. The van der Waals surface area contributed by atoms with Crippen molar-refractivity contribution in [1.82, 2.24) is 14.9 Å². The van der Waals surface area contributed by atoms with Gasteiger partial charge in [0.15, 0.2) is 5.82 Å². The molecule has 0 amide bonds. The first-order valence-electron chi connectivity index (χ1n) is 12.0. The highest BCUT2D eigenvalue weighted by Gasteiger charge is 2.23. The molecular weight excluding hydrogens is 548 g/mol. The summed E-state index contributed by atoms with van der Waals surface area (Å²) in [5.74, 6) is 0.699. The van der Waals surface area contributed by atoms with Crippen LogP contribution in [0, 0.1) is 10.1 Å². The standard InChI is InChI=1S/C25H32ClFN7O4P/c1-32(11-10-27)12-13-33(2)20-15-22(38-3)19(14-21(20)34(35)36)30-25-28-16-17(26)24(31-25)29-18-8-6-7-9-23(18)39(4,5)37/h6-9,14-16H,10-13H2,1-5H3,(H2,28,29,30,31). The van der Waals surface area contributed by atoms with Crippen molar-refractivity contribution in [2.45, 2.75) is 0 Å². The Bertz CT molecular complexity index is 1370. The maximum atomic E-state index is 12.7. The Morgan fingerprint density at radius 2 is 1.85 bits per heavy atom. The van der Waals surface area contributed by atoms with E-state index in [1.54, 1.807) is 67.6 Å². The van der Waals surface area contributed by atoms with Crippen LogP contribution in [0.3, 0.4) is 0 Å². The van der Waals surface area contributed by atoms with Crippen LogP contribution in [0.2, 0.25) is 5.02 Å². The number of aromatic nitrogens is 2. The Kier molecular flexibility index (Phi) is 10.1. The molecule has 0 bridgehead atoms. The maximum Gasteiger partial charge on any atom is 0.294 e. The Morgan fingerprint density at radius 1 is 1.13 bits per heavy atom. The molecule has 0 fully saturated rings. The molecule has 3 aromatic rings. The molecule has 14 heteroatoms. The number of alkyl halides is 1. The second-order valence-electron chi connectivity index (χ2n) is 9.22. The Labute approximate surface area is 231 Å². The zero-order valence-corrected chi connectivity index (χ0v) is 24.1. The monoisotopic (exact) mass is 579 g/mol. The highest BCUT2D eigenvalue weighted by atomic mass is 35.5. The van der Waals surface area contributed by atoms with Crippen LogP contribution in [0.5, 0.6) is 5.75 Å². The molecule has 0 saturated heterocycles. The quantitative estimate of drug-likeness (QED) is 0.160. The lowest BCUT2D eigenvalue weighted by molar-refractivity contribution is -0.384. The average molecular weight is 580 g/mol. The minimum absolute atomic E-state index is 0.108. The van der Waals surface area contributed by atoms with Crippen LogP contribution in [0.1, 0.15) is 0 Å². The molecule has 1 aromatic heterocycles. The zero-order chi connectivity index (χ0) is 28.7. The first-order valence-corrected chi connectivity index (χ1v) is 15.0. The van der Waals surface area contributed by atoms with Gasteiger partial charge >= 0.3 is 0 Å². The van der Waals surface area contributed by atoms with Crippen LogP contribution < -0.4 is 25.6 Å². The van der Waals surface area contributed by atoms with Crippen LogP contribution in [0.15, 0.2) is 42.6 Å². The number of rotatable bonds is 13. The molecule has 2 N–H and O–H groups in total. The third-order valence-electron chi connectivity index (χ3n) is 5.92. The number of anilines is 5. The molecular formula is C25H32ClFN7O4P. The topological polar surface area (TPSA) is 126 Å². The van der Waals surface area contributed by atoms with Crippen molar-refractivity contribution in [3.05, 3.63) is 57.7 Å². The molecule has 0 aliphatic rings. The lowest BCUT2D eigenvalue weighted by Crippen LogP contribution is -2.32. The Hall–Kier alpha value is -3.47. The Balaban J connectivity index is 1.92. The van der Waals surface area contributed by atoms with Gasteiger partial charge in [-0.1, -0.05) is 23.7 Å². The summed E-state index contributed by atoms with van der Waals surface area (Å²) in [5, 5.41) is 18.9. The number of halogens is 2. The number of likely N-dealkylation sites (N-methyl/N-ethyl adjacent to an activating group) is 2. The van der Waals surface area contributed by atoms with E-state index in [0.29, 0.717) is 35.5 Å². The summed E-state index contributed by atoms with van der Waals surface area (Å²) in [7, 11) is 2.36. The van der Waals surface area contributed by atoms with Gasteiger partial charge in [0.25, 0.3) is 5.69 Å². The molecule has 0 unspecified atom stereocenters. The lowest BCUT2D eigenvalue weighted by Gasteiger charge is -2.24. The van der Waals surface area contributed by atoms with Crippen LogP contribution in [-0.4, -0.2) is 80.6 Å². The molecule has 11 nitrogen and oxygen atoms in total. The Morgan fingerprint density at radius 3 is 2.49 bits per heavy atom. The summed E-state index contributed by atoms with van der Waals surface area (Å²) in [6.45, 7) is 4.11. The van der Waals surface area contributed by atoms with E-state index < -0.39 is 18.7 Å². The number of methoxy groups -OCH3 is 1. The smallest absolute Gasteiger partial charge is 0.294 e. The van der Waals surface area contributed by atoms with Gasteiger partial charge in [0.1, 0.15) is 30.3 Å². The molecule has 0 aliphatic heterocycles. The first kappa shape index (κ1) is 30.1. The van der Waals surface area contributed by atoms with Crippen molar-refractivity contribution < 1.29 is 18.6 Å². The lowest BCUT2D eigenvalue weighted by atomic mass is 10.2. The van der Waals surface area contributed by atoms with Crippen LogP contribution in [0.25, 0.3) is 0 Å². The number of nitrogens with one attached hydrogen (secondary N) is 2. The summed E-state index contributed by atoms with van der Waals surface area (Å²) in [4.78, 5) is 23.6. The summed E-state index contributed by atoms with van der Waals surface area (Å²) in [5.41, 5.74) is 1.05. The van der Waals surface area contributed by atoms with Gasteiger partial charge in [0.05, 0.1) is 29.6 Å². The van der Waals surface area contributed by atoms with Gasteiger partial charge in [-0.05, 0) is 32.5 Å². The fourth-order valence-corrected chi connectivity index (χ4v) is 5.08. The number of ether oxygens (including phenoxy) is 1. The summed E-state index contributed by atoms with van der Waals surface area (Å²) >= 11 is 6.34. The van der Waals surface area contributed by atoms with E-state index in [1.165, 1.54) is 19.4 Å². The highest BCUT2D eigenvalue weighted by Crippen LogP contribution is 2.40. The number of nitro benzene ring substituents is 1. The van der Waals surface area contributed by atoms with Gasteiger partial charge in [-0.15, -0.1) is 0 Å². The number of para-hydroxylation sites is 1. The number of nitrogens with zero attached hydrogens (tertiary/aromatic N) is 5. The zero-order valence-electron chi connectivity index (χ0n) is 22.4. The molecule has 3 rings (SSSR count). The summed E-state index contributed by atoms with van der Waals surface area (Å²) in [6, 6.07) is 10.1. The van der Waals surface area contributed by atoms with E-state index in [-0.39, 0.29) is 34.7 Å². The number of hydrogen-bond acceptors (Lipinski definition) is 10. The van der Waals surface area contributed by atoms with Crippen molar-refractivity contribution in [2.75, 3.05) is 76.4 Å². The predicted molar refractivity (Wildman–Crippen MR) is 156 cm³/mol. The third kappa shape index (κ3) is 7.78. The van der Waals surface area contributed by atoms with Crippen molar-refractivity contribution in [3.8, 4) is 5.75 Å². The van der Waals surface area contributed by atoms with Crippen molar-refractivity contribution in [1.29, 1.82) is 0 Å². The summed E-state index contributed by atoms with van der Waals surface area (Å²) < 4.78 is 30.9. The molecule has 0 aliphatic carbocycles. The molecule has 0 radical (unpaired) electrons. The van der Waals surface area contributed by atoms with E-state index >= 15 is 0 Å². The average Bonchev–Trinajstić information content (AvgIpc) is 2.88. The van der Waals surface area contributed by atoms with Crippen molar-refractivity contribution >= 4 is 58.6 Å². The molecule has 1 heterocycles. The highest BCUT2D eigenvalue weighted by molar-refractivity contribution is 7.70. The third-order valence-corrected chi connectivity index (χ3v) is 7.74. The van der Waals surface area contributed by atoms with Crippen LogP contribution in [0.4, 0.5) is 38.9 Å². The van der Waals surface area contributed by atoms with Gasteiger partial charge in [-0.2, -0.15) is 4.98 Å². The number of hydrogen-bond donors (Lipinski definition) is 2. The van der Waals surface area contributed by atoms with E-state index in [2.05, 4.69) is 20.6 Å². The van der Waals surface area contributed by atoms with Gasteiger partial charge in [0.2, 0.25) is 5.95 Å². The van der Waals surface area contributed by atoms with Crippen molar-refractivity contribution in [3.63, 3.8) is 0 Å². The van der Waals surface area contributed by atoms with Gasteiger partial charge in [-0.25, -0.2) is 9.37 Å². The van der Waals surface area contributed by atoms with Crippen LogP contribution >= 0.6 is 18.7 Å². The molecule has 39 heavy (non-hydrogen) atoms. The number of benzene rings is 2. The van der Waals surface area contributed by atoms with Crippen LogP contribution in [-0.2, 0) is 4.57 Å². The van der Waals surface area contributed by atoms with Gasteiger partial charge in [0, 0.05) is 44.1 Å². The second-order valence-corrected chi connectivity index (χ2v) is 12.8. The molecule has 0 spiro atoms. The van der Waals surface area contributed by atoms with E-state index in [1.807, 2.05) is 0 Å². The van der Waals surface area contributed by atoms with E-state index in [0.717, 1.165) is 0 Å². The molecule has 2 aromatic carbocycles. The van der Waals surface area contributed by atoms with Crippen molar-refractivity contribution in [2.24, 2.45) is 0 Å². The van der Waals surface area contributed by atoms with E-state index in [9.17, 15) is 19.1 Å². The first-order chi connectivity index (χ1) is 18.4. The predicted octanol–water partition coefficient (Wildman–Crippen LogP) is 5.12. The number of nitro groups is 1. The molecule has 210 valence electrons. The van der Waals surface area contributed by atoms with E-state index in [4.69, 9.17) is 16.3 Å². The SMILES string of the molecule is COc1cc(N(C)CCN(C)CCF)c([N+](=O)[O-])cc1Nc1ncc(Cl)c(Nc2ccccc2P(C)(C)=O)n1. The second kappa shape index (κ2) is 13.1. The molecule has 0 saturated carbocycles. The fourth-order valence-electron chi connectivity index (χ4n) is 3.79. The molecule has 0 atom stereocenters.